The number of carbonyl (C=O) groups is 1. The lowest BCUT2D eigenvalue weighted by Crippen LogP contribution is -2.43. The lowest BCUT2D eigenvalue weighted by Gasteiger charge is -2.32. The van der Waals surface area contributed by atoms with Crippen molar-refractivity contribution in [2.75, 3.05) is 32.0 Å². The van der Waals surface area contributed by atoms with Gasteiger partial charge < -0.3 is 15.5 Å². The van der Waals surface area contributed by atoms with E-state index in [0.717, 1.165) is 42.3 Å². The molecule has 2 aromatic heterocycles. The SMILES string of the molecule is CNCC(=O)N1CCCC(c2nc(C)cc(Nc3nc(C)cc(C)n3)n2)C1. The van der Waals surface area contributed by atoms with Crippen molar-refractivity contribution in [3.63, 3.8) is 0 Å². The molecule has 2 N–H and O–H groups in total. The molecule has 0 bridgehead atoms. The number of nitrogens with one attached hydrogen (secondary N) is 2. The summed E-state index contributed by atoms with van der Waals surface area (Å²) in [7, 11) is 1.79. The first-order chi connectivity index (χ1) is 12.9. The third-order valence-corrected chi connectivity index (χ3v) is 4.56. The normalized spacial score (nSPS) is 17.0. The smallest absolute Gasteiger partial charge is 0.236 e. The van der Waals surface area contributed by atoms with E-state index in [1.54, 1.807) is 7.05 Å². The number of hydrogen-bond donors (Lipinski definition) is 2. The molecular weight excluding hydrogens is 342 g/mol. The Hall–Kier alpha value is -2.61. The quantitative estimate of drug-likeness (QED) is 0.830. The van der Waals surface area contributed by atoms with Crippen LogP contribution < -0.4 is 10.6 Å². The molecule has 0 aliphatic carbocycles. The molecule has 1 aliphatic rings. The molecule has 0 aromatic carbocycles. The van der Waals surface area contributed by atoms with E-state index in [2.05, 4.69) is 25.6 Å². The number of piperidine rings is 1. The van der Waals surface area contributed by atoms with Crippen LogP contribution in [0.15, 0.2) is 12.1 Å². The van der Waals surface area contributed by atoms with Crippen LogP contribution in [0.5, 0.6) is 0 Å². The van der Waals surface area contributed by atoms with Crippen molar-refractivity contribution in [3.8, 4) is 0 Å². The summed E-state index contributed by atoms with van der Waals surface area (Å²) in [6.45, 7) is 7.64. The maximum absolute atomic E-state index is 12.2. The van der Waals surface area contributed by atoms with Crippen molar-refractivity contribution in [3.05, 3.63) is 35.0 Å². The van der Waals surface area contributed by atoms with Gasteiger partial charge in [-0.05, 0) is 46.7 Å². The highest BCUT2D eigenvalue weighted by Crippen LogP contribution is 2.26. The number of amides is 1. The number of anilines is 2. The van der Waals surface area contributed by atoms with Gasteiger partial charge in [0.2, 0.25) is 11.9 Å². The summed E-state index contributed by atoms with van der Waals surface area (Å²) in [6, 6.07) is 3.82. The van der Waals surface area contributed by atoms with Gasteiger partial charge in [-0.15, -0.1) is 0 Å². The van der Waals surface area contributed by atoms with E-state index in [0.29, 0.717) is 24.9 Å². The predicted octanol–water partition coefficient (Wildman–Crippen LogP) is 1.86. The zero-order chi connectivity index (χ0) is 19.4. The van der Waals surface area contributed by atoms with Crippen LogP contribution in [-0.4, -0.2) is 57.4 Å². The minimum absolute atomic E-state index is 0.122. The molecule has 1 saturated heterocycles. The number of likely N-dealkylation sites (tertiary alicyclic amines) is 1. The van der Waals surface area contributed by atoms with E-state index >= 15 is 0 Å². The van der Waals surface area contributed by atoms with Crippen molar-refractivity contribution in [2.45, 2.75) is 39.5 Å². The lowest BCUT2D eigenvalue weighted by molar-refractivity contribution is -0.131. The second-order valence-corrected chi connectivity index (χ2v) is 7.06. The van der Waals surface area contributed by atoms with Crippen LogP contribution in [0.4, 0.5) is 11.8 Å². The van der Waals surface area contributed by atoms with Gasteiger partial charge in [-0.2, -0.15) is 0 Å². The number of likely N-dealkylation sites (N-methyl/N-ethyl adjacent to an activating group) is 1. The highest BCUT2D eigenvalue weighted by molar-refractivity contribution is 5.78. The summed E-state index contributed by atoms with van der Waals surface area (Å²) < 4.78 is 0. The number of aryl methyl sites for hydroxylation is 3. The van der Waals surface area contributed by atoms with Gasteiger partial charge in [-0.3, -0.25) is 4.79 Å². The Morgan fingerprint density at radius 2 is 1.81 bits per heavy atom. The largest absolute Gasteiger partial charge is 0.341 e. The van der Waals surface area contributed by atoms with E-state index in [9.17, 15) is 4.79 Å². The van der Waals surface area contributed by atoms with Gasteiger partial charge >= 0.3 is 0 Å². The van der Waals surface area contributed by atoms with Gasteiger partial charge in [0, 0.05) is 42.2 Å². The average Bonchev–Trinajstić information content (AvgIpc) is 2.60. The average molecular weight is 369 g/mol. The molecule has 0 radical (unpaired) electrons. The molecule has 8 nitrogen and oxygen atoms in total. The lowest BCUT2D eigenvalue weighted by atomic mass is 9.97. The molecule has 1 unspecified atom stereocenters. The third kappa shape index (κ3) is 4.97. The second-order valence-electron chi connectivity index (χ2n) is 7.06. The zero-order valence-electron chi connectivity index (χ0n) is 16.4. The van der Waals surface area contributed by atoms with Gasteiger partial charge in [-0.1, -0.05) is 0 Å². The molecule has 1 fully saturated rings. The zero-order valence-corrected chi connectivity index (χ0v) is 16.4. The van der Waals surface area contributed by atoms with Crippen molar-refractivity contribution < 1.29 is 4.79 Å². The van der Waals surface area contributed by atoms with Gasteiger partial charge in [0.15, 0.2) is 0 Å². The fourth-order valence-electron chi connectivity index (χ4n) is 3.41. The van der Waals surface area contributed by atoms with Crippen LogP contribution in [0.25, 0.3) is 0 Å². The van der Waals surface area contributed by atoms with Crippen molar-refractivity contribution in [2.24, 2.45) is 0 Å². The first kappa shape index (κ1) is 19.2. The maximum atomic E-state index is 12.2. The van der Waals surface area contributed by atoms with Crippen molar-refractivity contribution in [1.82, 2.24) is 30.2 Å². The molecule has 1 atom stereocenters. The Morgan fingerprint density at radius 1 is 1.11 bits per heavy atom. The Balaban J connectivity index is 1.79. The number of carbonyl (C=O) groups excluding carboxylic acids is 1. The molecule has 8 heteroatoms. The van der Waals surface area contributed by atoms with E-state index < -0.39 is 0 Å². The van der Waals surface area contributed by atoms with Crippen LogP contribution in [0.3, 0.4) is 0 Å². The molecule has 0 spiro atoms. The summed E-state index contributed by atoms with van der Waals surface area (Å²) in [5.74, 6) is 2.24. The van der Waals surface area contributed by atoms with E-state index in [4.69, 9.17) is 4.98 Å². The fraction of sp³-hybridized carbons (Fsp3) is 0.526. The first-order valence-electron chi connectivity index (χ1n) is 9.32. The summed E-state index contributed by atoms with van der Waals surface area (Å²) in [4.78, 5) is 32.3. The number of rotatable bonds is 5. The van der Waals surface area contributed by atoms with Gasteiger partial charge in [0.05, 0.1) is 6.54 Å². The van der Waals surface area contributed by atoms with Crippen molar-refractivity contribution >= 4 is 17.7 Å². The molecule has 3 heterocycles. The number of nitrogens with zero attached hydrogens (tertiary/aromatic N) is 5. The summed E-state index contributed by atoms with van der Waals surface area (Å²) in [5.41, 5.74) is 2.69. The summed E-state index contributed by atoms with van der Waals surface area (Å²) >= 11 is 0. The van der Waals surface area contributed by atoms with Crippen LogP contribution in [0, 0.1) is 20.8 Å². The number of aromatic nitrogens is 4. The van der Waals surface area contributed by atoms with Crippen LogP contribution >= 0.6 is 0 Å². The van der Waals surface area contributed by atoms with E-state index in [1.807, 2.05) is 37.8 Å². The summed E-state index contributed by atoms with van der Waals surface area (Å²) in [6.07, 6.45) is 1.94. The molecule has 1 amide bonds. The Labute approximate surface area is 159 Å². The van der Waals surface area contributed by atoms with E-state index in [-0.39, 0.29) is 11.8 Å². The first-order valence-corrected chi connectivity index (χ1v) is 9.32. The van der Waals surface area contributed by atoms with Gasteiger partial charge in [0.1, 0.15) is 11.6 Å². The Morgan fingerprint density at radius 3 is 2.52 bits per heavy atom. The minimum atomic E-state index is 0.122. The molecule has 27 heavy (non-hydrogen) atoms. The number of hydrogen-bond acceptors (Lipinski definition) is 7. The summed E-state index contributed by atoms with van der Waals surface area (Å²) in [5, 5.41) is 6.12. The Kier molecular flexibility index (Phi) is 5.95. The molecule has 0 saturated carbocycles. The van der Waals surface area contributed by atoms with Gasteiger partial charge in [0.25, 0.3) is 0 Å². The standard InChI is InChI=1S/C19H27N7O/c1-12-8-13(2)23-19(22-12)25-16-9-14(3)21-18(24-16)15-6-5-7-26(11-15)17(27)10-20-4/h8-9,15,20H,5-7,10-11H2,1-4H3,(H,21,22,23,24,25). The second kappa shape index (κ2) is 8.39. The predicted molar refractivity (Wildman–Crippen MR) is 104 cm³/mol. The maximum Gasteiger partial charge on any atom is 0.236 e. The molecule has 3 rings (SSSR count). The molecule has 144 valence electrons. The van der Waals surface area contributed by atoms with Crippen LogP contribution in [0.1, 0.15) is 41.7 Å². The fourth-order valence-corrected chi connectivity index (χ4v) is 3.41. The highest BCUT2D eigenvalue weighted by Gasteiger charge is 2.26. The highest BCUT2D eigenvalue weighted by atomic mass is 16.2. The minimum Gasteiger partial charge on any atom is -0.341 e. The molecular formula is C19H27N7O. The third-order valence-electron chi connectivity index (χ3n) is 4.56. The van der Waals surface area contributed by atoms with Crippen molar-refractivity contribution in [1.29, 1.82) is 0 Å². The molecule has 1 aliphatic heterocycles. The molecule has 2 aromatic rings. The van der Waals surface area contributed by atoms with E-state index in [1.165, 1.54) is 0 Å². The Bertz CT molecular complexity index is 803. The monoisotopic (exact) mass is 369 g/mol. The van der Waals surface area contributed by atoms with Gasteiger partial charge in [-0.25, -0.2) is 19.9 Å². The topological polar surface area (TPSA) is 95.9 Å². The van der Waals surface area contributed by atoms with Crippen LogP contribution in [0.2, 0.25) is 0 Å². The van der Waals surface area contributed by atoms with Crippen LogP contribution in [-0.2, 0) is 4.79 Å².